The lowest BCUT2D eigenvalue weighted by molar-refractivity contribution is 0.441. The number of nitrogens with two attached hydrogens (primary N) is 1. The summed E-state index contributed by atoms with van der Waals surface area (Å²) in [6, 6.07) is -0.213. The molecular formula is C9H8BrF2NO. The standard InChI is InChI=1S/C9H8BrF2NO/c1-2-6(13)7-4(11)3-5(12)8(10)9(7)14/h2-3,6,14H,1,13H2. The lowest BCUT2D eigenvalue weighted by atomic mass is 10.1. The van der Waals surface area contributed by atoms with Crippen LogP contribution in [-0.2, 0) is 0 Å². The second-order valence-corrected chi connectivity index (χ2v) is 3.47. The fourth-order valence-electron chi connectivity index (χ4n) is 1.03. The Kier molecular flexibility index (Phi) is 3.23. The van der Waals surface area contributed by atoms with Gasteiger partial charge in [-0.15, -0.1) is 6.58 Å². The van der Waals surface area contributed by atoms with Gasteiger partial charge in [0.1, 0.15) is 17.4 Å². The van der Waals surface area contributed by atoms with E-state index < -0.39 is 23.4 Å². The number of phenols is 1. The van der Waals surface area contributed by atoms with E-state index in [0.29, 0.717) is 6.07 Å². The minimum absolute atomic E-state index is 0.173. The van der Waals surface area contributed by atoms with Crippen LogP contribution in [0, 0.1) is 11.6 Å². The summed E-state index contributed by atoms with van der Waals surface area (Å²) in [6.45, 7) is 3.36. The first kappa shape index (κ1) is 11.1. The zero-order chi connectivity index (χ0) is 10.9. The molecule has 0 saturated carbocycles. The van der Waals surface area contributed by atoms with Gasteiger partial charge in [0.05, 0.1) is 16.1 Å². The summed E-state index contributed by atoms with van der Waals surface area (Å²) in [5, 5.41) is 9.41. The molecule has 5 heteroatoms. The number of phenolic OH excluding ortho intramolecular Hbond substituents is 1. The molecule has 0 saturated heterocycles. The Morgan fingerprint density at radius 2 is 2.07 bits per heavy atom. The Morgan fingerprint density at radius 1 is 1.50 bits per heavy atom. The van der Waals surface area contributed by atoms with Crippen molar-refractivity contribution in [3.63, 3.8) is 0 Å². The van der Waals surface area contributed by atoms with Crippen LogP contribution in [0.5, 0.6) is 5.75 Å². The molecule has 0 aliphatic rings. The van der Waals surface area contributed by atoms with E-state index in [1.54, 1.807) is 0 Å². The normalized spacial score (nSPS) is 12.6. The topological polar surface area (TPSA) is 46.2 Å². The molecule has 0 spiro atoms. The Hall–Kier alpha value is -0.940. The van der Waals surface area contributed by atoms with Crippen molar-refractivity contribution < 1.29 is 13.9 Å². The zero-order valence-corrected chi connectivity index (χ0v) is 8.68. The van der Waals surface area contributed by atoms with Crippen LogP contribution < -0.4 is 5.73 Å². The Bertz CT molecular complexity index is 382. The van der Waals surface area contributed by atoms with Gasteiger partial charge in [-0.1, -0.05) is 6.08 Å². The van der Waals surface area contributed by atoms with Gasteiger partial charge in [-0.3, -0.25) is 0 Å². The van der Waals surface area contributed by atoms with E-state index in [0.717, 1.165) is 0 Å². The van der Waals surface area contributed by atoms with Crippen molar-refractivity contribution in [3.8, 4) is 5.75 Å². The summed E-state index contributed by atoms with van der Waals surface area (Å²) in [5.41, 5.74) is 5.28. The van der Waals surface area contributed by atoms with E-state index in [2.05, 4.69) is 22.5 Å². The average molecular weight is 264 g/mol. The van der Waals surface area contributed by atoms with Gasteiger partial charge >= 0.3 is 0 Å². The Labute approximate surface area is 88.2 Å². The minimum atomic E-state index is -0.893. The van der Waals surface area contributed by atoms with Crippen LogP contribution in [0.4, 0.5) is 8.78 Å². The molecule has 0 fully saturated rings. The van der Waals surface area contributed by atoms with Crippen molar-refractivity contribution in [2.24, 2.45) is 5.73 Å². The van der Waals surface area contributed by atoms with E-state index in [4.69, 9.17) is 5.73 Å². The van der Waals surface area contributed by atoms with Crippen LogP contribution in [0.3, 0.4) is 0 Å². The maximum absolute atomic E-state index is 13.2. The van der Waals surface area contributed by atoms with E-state index >= 15 is 0 Å². The molecule has 1 aromatic rings. The van der Waals surface area contributed by atoms with Gasteiger partial charge in [0.2, 0.25) is 0 Å². The number of aromatic hydroxyl groups is 1. The Balaban J connectivity index is 3.43. The molecule has 14 heavy (non-hydrogen) atoms. The fraction of sp³-hybridized carbons (Fsp3) is 0.111. The van der Waals surface area contributed by atoms with Crippen LogP contribution >= 0.6 is 15.9 Å². The molecule has 0 aliphatic heterocycles. The fourth-order valence-corrected chi connectivity index (χ4v) is 1.36. The second-order valence-electron chi connectivity index (χ2n) is 2.68. The van der Waals surface area contributed by atoms with Gasteiger partial charge in [0.15, 0.2) is 0 Å². The molecule has 2 nitrogen and oxygen atoms in total. The summed E-state index contributed by atoms with van der Waals surface area (Å²) >= 11 is 2.78. The van der Waals surface area contributed by atoms with Crippen LogP contribution in [-0.4, -0.2) is 5.11 Å². The first-order valence-electron chi connectivity index (χ1n) is 3.73. The predicted molar refractivity (Wildman–Crippen MR) is 52.8 cm³/mol. The molecule has 0 heterocycles. The van der Waals surface area contributed by atoms with Gasteiger partial charge in [0.25, 0.3) is 0 Å². The summed E-state index contributed by atoms with van der Waals surface area (Å²) in [4.78, 5) is 0. The van der Waals surface area contributed by atoms with Gasteiger partial charge in [-0.25, -0.2) is 8.78 Å². The summed E-state index contributed by atoms with van der Waals surface area (Å²) in [7, 11) is 0. The predicted octanol–water partition coefficient (Wildman–Crippen LogP) is 2.62. The highest BCUT2D eigenvalue weighted by Crippen LogP contribution is 2.35. The van der Waals surface area contributed by atoms with Gasteiger partial charge in [-0.05, 0) is 15.9 Å². The quantitative estimate of drug-likeness (QED) is 0.637. The largest absolute Gasteiger partial charge is 0.506 e. The minimum Gasteiger partial charge on any atom is -0.506 e. The monoisotopic (exact) mass is 263 g/mol. The van der Waals surface area contributed by atoms with E-state index in [1.165, 1.54) is 6.08 Å². The SMILES string of the molecule is C=CC(N)c1c(F)cc(F)c(Br)c1O. The van der Waals surface area contributed by atoms with Crippen molar-refractivity contribution in [1.29, 1.82) is 0 Å². The van der Waals surface area contributed by atoms with Gasteiger partial charge in [0, 0.05) is 6.07 Å². The number of hydrogen-bond acceptors (Lipinski definition) is 2. The first-order chi connectivity index (χ1) is 6.49. The van der Waals surface area contributed by atoms with Crippen molar-refractivity contribution in [1.82, 2.24) is 0 Å². The Morgan fingerprint density at radius 3 is 2.57 bits per heavy atom. The van der Waals surface area contributed by atoms with E-state index in [-0.39, 0.29) is 10.0 Å². The smallest absolute Gasteiger partial charge is 0.144 e. The molecular weight excluding hydrogens is 256 g/mol. The number of rotatable bonds is 2. The number of hydrogen-bond donors (Lipinski definition) is 2. The average Bonchev–Trinajstić information content (AvgIpc) is 2.14. The maximum atomic E-state index is 13.2. The van der Waals surface area contributed by atoms with Crippen LogP contribution in [0.15, 0.2) is 23.2 Å². The molecule has 3 N–H and O–H groups in total. The van der Waals surface area contributed by atoms with Crippen molar-refractivity contribution >= 4 is 15.9 Å². The molecule has 1 rings (SSSR count). The highest BCUT2D eigenvalue weighted by molar-refractivity contribution is 9.10. The lowest BCUT2D eigenvalue weighted by Gasteiger charge is -2.12. The maximum Gasteiger partial charge on any atom is 0.144 e. The summed E-state index contributed by atoms with van der Waals surface area (Å²) < 4.78 is 25.9. The molecule has 76 valence electrons. The van der Waals surface area contributed by atoms with E-state index in [9.17, 15) is 13.9 Å². The highest BCUT2D eigenvalue weighted by atomic mass is 79.9. The molecule has 1 atom stereocenters. The third-order valence-corrected chi connectivity index (χ3v) is 2.53. The molecule has 0 aliphatic carbocycles. The molecule has 1 aromatic carbocycles. The number of benzene rings is 1. The van der Waals surface area contributed by atoms with Crippen LogP contribution in [0.1, 0.15) is 11.6 Å². The number of halogens is 3. The molecule has 1 unspecified atom stereocenters. The summed E-state index contributed by atoms with van der Waals surface area (Å²) in [5.74, 6) is -2.30. The van der Waals surface area contributed by atoms with Gasteiger partial charge < -0.3 is 10.8 Å². The molecule has 0 amide bonds. The zero-order valence-electron chi connectivity index (χ0n) is 7.10. The van der Waals surface area contributed by atoms with Crippen LogP contribution in [0.25, 0.3) is 0 Å². The highest BCUT2D eigenvalue weighted by Gasteiger charge is 2.19. The van der Waals surface area contributed by atoms with Crippen molar-refractivity contribution in [2.45, 2.75) is 6.04 Å². The van der Waals surface area contributed by atoms with Crippen molar-refractivity contribution in [2.75, 3.05) is 0 Å². The third-order valence-electron chi connectivity index (χ3n) is 1.77. The van der Waals surface area contributed by atoms with E-state index in [1.807, 2.05) is 0 Å². The first-order valence-corrected chi connectivity index (χ1v) is 4.52. The lowest BCUT2D eigenvalue weighted by Crippen LogP contribution is -2.10. The molecule has 0 aromatic heterocycles. The van der Waals surface area contributed by atoms with Gasteiger partial charge in [-0.2, -0.15) is 0 Å². The molecule has 0 bridgehead atoms. The van der Waals surface area contributed by atoms with Crippen molar-refractivity contribution in [3.05, 3.63) is 40.4 Å². The van der Waals surface area contributed by atoms with Crippen LogP contribution in [0.2, 0.25) is 0 Å². The molecule has 0 radical (unpaired) electrons. The third kappa shape index (κ3) is 1.78. The summed E-state index contributed by atoms with van der Waals surface area (Å²) in [6.07, 6.45) is 1.25. The second kappa shape index (κ2) is 4.06.